The van der Waals surface area contributed by atoms with Crippen LogP contribution in [0.25, 0.3) is 11.1 Å². The van der Waals surface area contributed by atoms with E-state index in [-0.39, 0.29) is 0 Å². The van der Waals surface area contributed by atoms with Crippen LogP contribution in [0, 0.1) is 6.92 Å². The van der Waals surface area contributed by atoms with Crippen molar-refractivity contribution in [2.24, 2.45) is 11.5 Å². The molecule has 0 bridgehead atoms. The normalized spacial score (nSPS) is 9.60. The third-order valence-corrected chi connectivity index (χ3v) is 4.89. The van der Waals surface area contributed by atoms with Crippen LogP contribution >= 0.6 is 15.9 Å². The van der Waals surface area contributed by atoms with Crippen molar-refractivity contribution >= 4 is 15.9 Å². The number of nitrogens with two attached hydrogens (primary N) is 2. The first-order chi connectivity index (χ1) is 14.6. The molecule has 30 heavy (non-hydrogen) atoms. The lowest BCUT2D eigenvalue weighted by molar-refractivity contribution is 1.07. The topological polar surface area (TPSA) is 52.0 Å². The lowest BCUT2D eigenvalue weighted by Gasteiger charge is -2.04. The summed E-state index contributed by atoms with van der Waals surface area (Å²) in [4.78, 5) is 0. The second-order valence-corrected chi connectivity index (χ2v) is 7.67. The average Bonchev–Trinajstić information content (AvgIpc) is 2.81. The Kier molecular flexibility index (Phi) is 10.6. The Morgan fingerprint density at radius 3 is 1.57 bits per heavy atom. The molecule has 3 heteroatoms. The SMILES string of the molecule is Cc1ccccc1.NCc1cccc(-c2ccc(Br)cc2)c1.NCc1ccccc1. The smallest absolute Gasteiger partial charge is 0.0178 e. The molecule has 0 radical (unpaired) electrons. The van der Waals surface area contributed by atoms with E-state index in [4.69, 9.17) is 11.5 Å². The van der Waals surface area contributed by atoms with Crippen molar-refractivity contribution < 1.29 is 0 Å². The van der Waals surface area contributed by atoms with Gasteiger partial charge in [-0.25, -0.2) is 0 Å². The minimum atomic E-state index is 0.588. The lowest BCUT2D eigenvalue weighted by Crippen LogP contribution is -1.95. The Balaban J connectivity index is 0.000000179. The number of aryl methyl sites for hydroxylation is 1. The molecule has 0 aromatic heterocycles. The van der Waals surface area contributed by atoms with E-state index >= 15 is 0 Å². The van der Waals surface area contributed by atoms with Gasteiger partial charge in [0, 0.05) is 17.6 Å². The van der Waals surface area contributed by atoms with Gasteiger partial charge in [-0.05, 0) is 47.4 Å². The second-order valence-electron chi connectivity index (χ2n) is 6.76. The van der Waals surface area contributed by atoms with E-state index in [2.05, 4.69) is 59.3 Å². The number of halogens is 1. The van der Waals surface area contributed by atoms with Gasteiger partial charge in [-0.1, -0.05) is 112 Å². The molecule has 0 aliphatic heterocycles. The Hall–Kier alpha value is -2.72. The molecule has 4 rings (SSSR count). The summed E-state index contributed by atoms with van der Waals surface area (Å²) in [6.07, 6.45) is 0. The van der Waals surface area contributed by atoms with Crippen molar-refractivity contribution in [2.75, 3.05) is 0 Å². The Morgan fingerprint density at radius 1 is 0.567 bits per heavy atom. The summed E-state index contributed by atoms with van der Waals surface area (Å²) in [6, 6.07) is 36.9. The fourth-order valence-electron chi connectivity index (χ4n) is 2.67. The maximum Gasteiger partial charge on any atom is 0.0178 e. The maximum absolute atomic E-state index is 5.61. The summed E-state index contributed by atoms with van der Waals surface area (Å²) >= 11 is 3.43. The number of benzene rings is 4. The van der Waals surface area contributed by atoms with Crippen molar-refractivity contribution in [3.63, 3.8) is 0 Å². The van der Waals surface area contributed by atoms with Gasteiger partial charge >= 0.3 is 0 Å². The quantitative estimate of drug-likeness (QED) is 0.356. The highest BCUT2D eigenvalue weighted by atomic mass is 79.9. The Morgan fingerprint density at radius 2 is 1.10 bits per heavy atom. The zero-order valence-corrected chi connectivity index (χ0v) is 18.9. The Labute approximate surface area is 188 Å². The van der Waals surface area contributed by atoms with E-state index in [1.807, 2.05) is 72.8 Å². The molecule has 0 saturated carbocycles. The van der Waals surface area contributed by atoms with Crippen LogP contribution < -0.4 is 11.5 Å². The van der Waals surface area contributed by atoms with Crippen molar-refractivity contribution in [1.29, 1.82) is 0 Å². The standard InChI is InChI=1S/C13H12BrN.C7H9N.C7H8/c14-13-6-4-11(5-7-13)12-3-1-2-10(8-12)9-15;8-6-7-4-2-1-3-5-7;1-7-5-3-2-4-6-7/h1-8H,9,15H2;1-5H,6,8H2;2-6H,1H3. The van der Waals surface area contributed by atoms with Gasteiger partial charge in [-0.3, -0.25) is 0 Å². The molecule has 4 aromatic rings. The van der Waals surface area contributed by atoms with Crippen LogP contribution in [0.2, 0.25) is 0 Å². The van der Waals surface area contributed by atoms with E-state index in [1.54, 1.807) is 0 Å². The average molecular weight is 461 g/mol. The molecule has 2 nitrogen and oxygen atoms in total. The van der Waals surface area contributed by atoms with Crippen LogP contribution in [0.5, 0.6) is 0 Å². The molecule has 0 heterocycles. The highest BCUT2D eigenvalue weighted by Gasteiger charge is 1.98. The van der Waals surface area contributed by atoms with Crippen LogP contribution in [0.1, 0.15) is 16.7 Å². The molecule has 0 atom stereocenters. The molecule has 4 aromatic carbocycles. The molecular formula is C27H29BrN2. The first kappa shape index (κ1) is 23.6. The van der Waals surface area contributed by atoms with Crippen LogP contribution in [0.3, 0.4) is 0 Å². The summed E-state index contributed by atoms with van der Waals surface area (Å²) in [5.74, 6) is 0. The monoisotopic (exact) mass is 460 g/mol. The molecule has 0 saturated heterocycles. The van der Waals surface area contributed by atoms with Gasteiger partial charge < -0.3 is 11.5 Å². The lowest BCUT2D eigenvalue weighted by atomic mass is 10.0. The van der Waals surface area contributed by atoms with E-state index < -0.39 is 0 Å². The molecule has 4 N–H and O–H groups in total. The summed E-state index contributed by atoms with van der Waals surface area (Å²) in [5, 5.41) is 0. The number of hydrogen-bond acceptors (Lipinski definition) is 2. The largest absolute Gasteiger partial charge is 0.326 e. The molecule has 0 spiro atoms. The molecule has 0 amide bonds. The van der Waals surface area contributed by atoms with Crippen molar-refractivity contribution in [3.05, 3.63) is 130 Å². The molecular weight excluding hydrogens is 432 g/mol. The summed E-state index contributed by atoms with van der Waals surface area (Å²) < 4.78 is 1.10. The number of hydrogen-bond donors (Lipinski definition) is 2. The van der Waals surface area contributed by atoms with Gasteiger partial charge in [0.25, 0.3) is 0 Å². The van der Waals surface area contributed by atoms with Crippen LogP contribution in [-0.2, 0) is 13.1 Å². The highest BCUT2D eigenvalue weighted by molar-refractivity contribution is 9.10. The van der Waals surface area contributed by atoms with E-state index in [1.165, 1.54) is 22.3 Å². The van der Waals surface area contributed by atoms with Crippen molar-refractivity contribution in [2.45, 2.75) is 20.0 Å². The van der Waals surface area contributed by atoms with E-state index in [0.717, 1.165) is 10.0 Å². The molecule has 0 aliphatic carbocycles. The zero-order chi connectivity index (χ0) is 21.6. The number of rotatable bonds is 3. The minimum absolute atomic E-state index is 0.588. The van der Waals surface area contributed by atoms with Gasteiger partial charge in [0.05, 0.1) is 0 Å². The van der Waals surface area contributed by atoms with Gasteiger partial charge in [0.1, 0.15) is 0 Å². The summed E-state index contributed by atoms with van der Waals surface area (Å²) in [5.41, 5.74) is 17.1. The first-order valence-electron chi connectivity index (χ1n) is 9.93. The molecule has 0 aliphatic rings. The first-order valence-corrected chi connectivity index (χ1v) is 10.7. The van der Waals surface area contributed by atoms with Gasteiger partial charge in [-0.2, -0.15) is 0 Å². The molecule has 0 unspecified atom stereocenters. The van der Waals surface area contributed by atoms with E-state index in [9.17, 15) is 0 Å². The highest BCUT2D eigenvalue weighted by Crippen LogP contribution is 2.22. The van der Waals surface area contributed by atoms with E-state index in [0.29, 0.717) is 13.1 Å². The maximum atomic E-state index is 5.61. The van der Waals surface area contributed by atoms with Crippen LogP contribution in [0.4, 0.5) is 0 Å². The zero-order valence-electron chi connectivity index (χ0n) is 17.3. The second kappa shape index (κ2) is 13.5. The Bertz CT molecular complexity index is 968. The van der Waals surface area contributed by atoms with Crippen LogP contribution in [-0.4, -0.2) is 0 Å². The third-order valence-electron chi connectivity index (χ3n) is 4.36. The third kappa shape index (κ3) is 8.75. The molecule has 0 fully saturated rings. The fourth-order valence-corrected chi connectivity index (χ4v) is 2.93. The van der Waals surface area contributed by atoms with Gasteiger partial charge in [0.2, 0.25) is 0 Å². The molecule has 154 valence electrons. The van der Waals surface area contributed by atoms with Crippen molar-refractivity contribution in [3.8, 4) is 11.1 Å². The van der Waals surface area contributed by atoms with Gasteiger partial charge in [-0.15, -0.1) is 0 Å². The van der Waals surface area contributed by atoms with Gasteiger partial charge in [0.15, 0.2) is 0 Å². The summed E-state index contributed by atoms with van der Waals surface area (Å²) in [6.45, 7) is 3.31. The summed E-state index contributed by atoms with van der Waals surface area (Å²) in [7, 11) is 0. The predicted octanol–water partition coefficient (Wildman–Crippen LogP) is 6.72. The predicted molar refractivity (Wildman–Crippen MR) is 133 cm³/mol. The minimum Gasteiger partial charge on any atom is -0.326 e. The van der Waals surface area contributed by atoms with Crippen LogP contribution in [0.15, 0.2) is 114 Å². The fraction of sp³-hybridized carbons (Fsp3) is 0.111. The van der Waals surface area contributed by atoms with Crippen molar-refractivity contribution in [1.82, 2.24) is 0 Å².